The van der Waals surface area contributed by atoms with Crippen molar-refractivity contribution in [2.75, 3.05) is 5.32 Å². The largest absolute Gasteiger partial charge is 0.338 e. The molecular weight excluding hydrogens is 304 g/mol. The summed E-state index contributed by atoms with van der Waals surface area (Å²) in [4.78, 5) is 15.8. The van der Waals surface area contributed by atoms with Gasteiger partial charge in [-0.15, -0.1) is 11.3 Å². The number of hydrogen-bond acceptors (Lipinski definition) is 5. The summed E-state index contributed by atoms with van der Waals surface area (Å²) >= 11 is 1.68. The molecule has 1 aromatic carbocycles. The van der Waals surface area contributed by atoms with Crippen LogP contribution < -0.4 is 5.32 Å². The van der Waals surface area contributed by atoms with Gasteiger partial charge in [-0.3, -0.25) is 4.98 Å². The zero-order chi connectivity index (χ0) is 15.6. The minimum Gasteiger partial charge on any atom is -0.338 e. The topological polar surface area (TPSA) is 50.7 Å². The van der Waals surface area contributed by atoms with Crippen LogP contribution in [0.2, 0.25) is 0 Å². The summed E-state index contributed by atoms with van der Waals surface area (Å²) in [6, 6.07) is 16.0. The van der Waals surface area contributed by atoms with Crippen LogP contribution in [0.15, 0.2) is 60.9 Å². The average Bonchev–Trinajstić information content (AvgIpc) is 2.97. The van der Waals surface area contributed by atoms with Crippen molar-refractivity contribution in [2.45, 2.75) is 6.92 Å². The van der Waals surface area contributed by atoms with E-state index in [1.165, 1.54) is 4.88 Å². The number of fused-ring (bicyclic) bond motifs is 1. The number of rotatable bonds is 3. The van der Waals surface area contributed by atoms with E-state index >= 15 is 0 Å². The van der Waals surface area contributed by atoms with Gasteiger partial charge < -0.3 is 5.32 Å². The second-order valence-electron chi connectivity index (χ2n) is 5.20. The van der Waals surface area contributed by atoms with E-state index in [1.54, 1.807) is 23.7 Å². The van der Waals surface area contributed by atoms with Crippen molar-refractivity contribution in [3.8, 4) is 11.4 Å². The van der Waals surface area contributed by atoms with Gasteiger partial charge >= 0.3 is 0 Å². The van der Waals surface area contributed by atoms with E-state index in [2.05, 4.69) is 23.3 Å². The smallest absolute Gasteiger partial charge is 0.163 e. The molecule has 4 rings (SSSR count). The fourth-order valence-electron chi connectivity index (χ4n) is 2.43. The van der Waals surface area contributed by atoms with E-state index in [1.807, 2.05) is 42.5 Å². The van der Waals surface area contributed by atoms with E-state index in [0.717, 1.165) is 33.1 Å². The summed E-state index contributed by atoms with van der Waals surface area (Å²) in [5, 5.41) is 4.40. The molecule has 5 heteroatoms. The zero-order valence-corrected chi connectivity index (χ0v) is 13.3. The van der Waals surface area contributed by atoms with Crippen molar-refractivity contribution in [3.63, 3.8) is 0 Å². The number of nitrogens with zero attached hydrogens (tertiary/aromatic N) is 3. The first kappa shape index (κ1) is 13.8. The van der Waals surface area contributed by atoms with Gasteiger partial charge in [0, 0.05) is 16.6 Å². The molecule has 0 unspecified atom stereocenters. The highest BCUT2D eigenvalue weighted by Crippen LogP contribution is 2.32. The van der Waals surface area contributed by atoms with Crippen molar-refractivity contribution in [2.24, 2.45) is 0 Å². The van der Waals surface area contributed by atoms with E-state index in [-0.39, 0.29) is 0 Å². The quantitative estimate of drug-likeness (QED) is 0.589. The van der Waals surface area contributed by atoms with Crippen molar-refractivity contribution < 1.29 is 0 Å². The predicted octanol–water partition coefficient (Wildman–Crippen LogP) is 4.81. The molecular formula is C18H14N4S. The van der Waals surface area contributed by atoms with Crippen molar-refractivity contribution >= 4 is 33.1 Å². The van der Waals surface area contributed by atoms with E-state index in [4.69, 9.17) is 9.97 Å². The second kappa shape index (κ2) is 5.78. The molecule has 4 aromatic rings. The van der Waals surface area contributed by atoms with Crippen LogP contribution in [0.25, 0.3) is 21.6 Å². The van der Waals surface area contributed by atoms with Crippen LogP contribution >= 0.6 is 11.3 Å². The molecule has 0 fully saturated rings. The normalized spacial score (nSPS) is 10.8. The Morgan fingerprint density at radius 1 is 1.00 bits per heavy atom. The highest BCUT2D eigenvalue weighted by atomic mass is 32.1. The van der Waals surface area contributed by atoms with Crippen LogP contribution in [-0.2, 0) is 0 Å². The maximum absolute atomic E-state index is 4.74. The monoisotopic (exact) mass is 318 g/mol. The molecule has 0 radical (unpaired) electrons. The molecule has 0 aliphatic heterocycles. The molecule has 0 aliphatic carbocycles. The van der Waals surface area contributed by atoms with Gasteiger partial charge in [0.15, 0.2) is 5.82 Å². The van der Waals surface area contributed by atoms with Crippen LogP contribution in [0.5, 0.6) is 0 Å². The number of aryl methyl sites for hydroxylation is 1. The number of nitrogens with one attached hydrogen (secondary N) is 1. The number of anilines is 2. The molecule has 3 aromatic heterocycles. The second-order valence-corrected chi connectivity index (χ2v) is 6.44. The fourth-order valence-corrected chi connectivity index (χ4v) is 3.31. The van der Waals surface area contributed by atoms with Gasteiger partial charge in [-0.2, -0.15) is 0 Å². The molecule has 0 spiro atoms. The number of benzene rings is 1. The minimum absolute atomic E-state index is 0.728. The average molecular weight is 318 g/mol. The number of hydrogen-bond donors (Lipinski definition) is 1. The van der Waals surface area contributed by atoms with Gasteiger partial charge in [-0.1, -0.05) is 30.3 Å². The van der Waals surface area contributed by atoms with E-state index in [9.17, 15) is 0 Å². The van der Waals surface area contributed by atoms with Gasteiger partial charge in [0.05, 0.1) is 17.3 Å². The third-order valence-corrected chi connectivity index (χ3v) is 4.42. The van der Waals surface area contributed by atoms with Crippen molar-refractivity contribution in [1.82, 2.24) is 15.0 Å². The summed E-state index contributed by atoms with van der Waals surface area (Å²) < 4.78 is 0. The van der Waals surface area contributed by atoms with Gasteiger partial charge in [0.25, 0.3) is 0 Å². The lowest BCUT2D eigenvalue weighted by atomic mass is 10.2. The molecule has 0 aliphatic rings. The Bertz CT molecular complexity index is 949. The first-order valence-corrected chi connectivity index (χ1v) is 8.12. The Kier molecular flexibility index (Phi) is 3.48. The number of thiophene rings is 1. The molecule has 3 heterocycles. The first-order valence-electron chi connectivity index (χ1n) is 7.30. The van der Waals surface area contributed by atoms with Crippen LogP contribution in [0.3, 0.4) is 0 Å². The van der Waals surface area contributed by atoms with Crippen molar-refractivity contribution in [1.29, 1.82) is 0 Å². The molecule has 4 nitrogen and oxygen atoms in total. The molecule has 0 amide bonds. The first-order chi connectivity index (χ1) is 11.3. The molecule has 112 valence electrons. The van der Waals surface area contributed by atoms with Crippen molar-refractivity contribution in [3.05, 3.63) is 65.8 Å². The Morgan fingerprint density at radius 2 is 1.87 bits per heavy atom. The van der Waals surface area contributed by atoms with Gasteiger partial charge in [-0.05, 0) is 25.1 Å². The fraction of sp³-hybridized carbons (Fsp3) is 0.0556. The molecule has 0 saturated carbocycles. The van der Waals surface area contributed by atoms with Gasteiger partial charge in [0.1, 0.15) is 10.6 Å². The number of pyridine rings is 1. The van der Waals surface area contributed by atoms with Crippen LogP contribution in [0.4, 0.5) is 11.5 Å². The summed E-state index contributed by atoms with van der Waals surface area (Å²) in [7, 11) is 0. The Hall–Kier alpha value is -2.79. The number of aromatic nitrogens is 3. The van der Waals surface area contributed by atoms with Gasteiger partial charge in [0.2, 0.25) is 0 Å². The maximum Gasteiger partial charge on any atom is 0.163 e. The molecule has 1 N–H and O–H groups in total. The molecule has 23 heavy (non-hydrogen) atoms. The van der Waals surface area contributed by atoms with Crippen LogP contribution in [0.1, 0.15) is 4.88 Å². The maximum atomic E-state index is 4.74. The van der Waals surface area contributed by atoms with E-state index < -0.39 is 0 Å². The lowest BCUT2D eigenvalue weighted by molar-refractivity contribution is 1.23. The van der Waals surface area contributed by atoms with Gasteiger partial charge in [-0.25, -0.2) is 9.97 Å². The standard InChI is InChI=1S/C18H14N4S/c1-12-10-15-17(20-14-8-5-9-19-11-14)21-16(22-18(15)23-12)13-6-3-2-4-7-13/h2-11H,1H3,(H,20,21,22). The Labute approximate surface area is 137 Å². The predicted molar refractivity (Wildman–Crippen MR) is 95.1 cm³/mol. The van der Waals surface area contributed by atoms with Crippen LogP contribution in [0, 0.1) is 6.92 Å². The third-order valence-electron chi connectivity index (χ3n) is 3.47. The lowest BCUT2D eigenvalue weighted by Crippen LogP contribution is -1.98. The summed E-state index contributed by atoms with van der Waals surface area (Å²) in [5.41, 5.74) is 1.92. The van der Waals surface area contributed by atoms with Crippen LogP contribution in [-0.4, -0.2) is 15.0 Å². The highest BCUT2D eigenvalue weighted by molar-refractivity contribution is 7.18. The lowest BCUT2D eigenvalue weighted by Gasteiger charge is -2.08. The third kappa shape index (κ3) is 2.78. The summed E-state index contributed by atoms with van der Waals surface area (Å²) in [5.74, 6) is 1.54. The molecule has 0 bridgehead atoms. The van der Waals surface area contributed by atoms with E-state index in [0.29, 0.717) is 0 Å². The zero-order valence-electron chi connectivity index (χ0n) is 12.5. The Balaban J connectivity index is 1.87. The molecule has 0 atom stereocenters. The summed E-state index contributed by atoms with van der Waals surface area (Å²) in [6.45, 7) is 2.09. The summed E-state index contributed by atoms with van der Waals surface area (Å²) in [6.07, 6.45) is 3.54. The Morgan fingerprint density at radius 3 is 2.65 bits per heavy atom. The SMILES string of the molecule is Cc1cc2c(Nc3cccnc3)nc(-c3ccccc3)nc2s1. The highest BCUT2D eigenvalue weighted by Gasteiger charge is 2.12. The minimum atomic E-state index is 0.728. The molecule has 0 saturated heterocycles.